The van der Waals surface area contributed by atoms with Gasteiger partial charge in [0.1, 0.15) is 0 Å². The zero-order chi connectivity index (χ0) is 13.4. The molecule has 2 N–H and O–H groups in total. The summed E-state index contributed by atoms with van der Waals surface area (Å²) < 4.78 is 33.0. The van der Waals surface area contributed by atoms with Crippen molar-refractivity contribution in [2.24, 2.45) is 5.92 Å². The molecule has 0 spiro atoms. The lowest BCUT2D eigenvalue weighted by Crippen LogP contribution is -2.46. The Hall–Kier alpha value is -0.210. The van der Waals surface area contributed by atoms with Crippen LogP contribution in [-0.4, -0.2) is 59.7 Å². The van der Waals surface area contributed by atoms with Crippen molar-refractivity contribution in [3.05, 3.63) is 0 Å². The highest BCUT2D eigenvalue weighted by Crippen LogP contribution is 2.18. The van der Waals surface area contributed by atoms with Crippen molar-refractivity contribution >= 4 is 10.2 Å². The highest BCUT2D eigenvalue weighted by Gasteiger charge is 2.26. The fourth-order valence-electron chi connectivity index (χ4n) is 2.15. The van der Waals surface area contributed by atoms with E-state index in [0.717, 1.165) is 19.4 Å². The molecule has 6 nitrogen and oxygen atoms in total. The van der Waals surface area contributed by atoms with Crippen LogP contribution in [0.2, 0.25) is 0 Å². The number of nitrogens with zero attached hydrogens (tertiary/aromatic N) is 1. The normalized spacial score (nSPS) is 19.2. The smallest absolute Gasteiger partial charge is 0.279 e. The molecule has 1 rings (SSSR count). The van der Waals surface area contributed by atoms with Crippen molar-refractivity contribution in [3.63, 3.8) is 0 Å². The molecule has 0 radical (unpaired) electrons. The van der Waals surface area contributed by atoms with Gasteiger partial charge >= 0.3 is 0 Å². The number of rotatable bonds is 8. The van der Waals surface area contributed by atoms with Crippen LogP contribution < -0.4 is 10.0 Å². The van der Waals surface area contributed by atoms with Crippen molar-refractivity contribution in [1.29, 1.82) is 0 Å². The Balaban J connectivity index is 2.31. The minimum Gasteiger partial charge on any atom is -0.385 e. The van der Waals surface area contributed by atoms with E-state index in [0.29, 0.717) is 38.6 Å². The van der Waals surface area contributed by atoms with Crippen LogP contribution in [0.25, 0.3) is 0 Å². The lowest BCUT2D eigenvalue weighted by atomic mass is 9.98. The highest BCUT2D eigenvalue weighted by atomic mass is 32.2. The summed E-state index contributed by atoms with van der Waals surface area (Å²) in [4.78, 5) is 0. The third kappa shape index (κ3) is 5.19. The predicted molar refractivity (Wildman–Crippen MR) is 71.6 cm³/mol. The number of hydrogen-bond donors (Lipinski definition) is 2. The van der Waals surface area contributed by atoms with E-state index < -0.39 is 10.2 Å². The molecular weight excluding hydrogens is 254 g/mol. The molecule has 0 aromatic heterocycles. The highest BCUT2D eigenvalue weighted by molar-refractivity contribution is 7.87. The molecule has 0 aromatic carbocycles. The van der Waals surface area contributed by atoms with Crippen molar-refractivity contribution < 1.29 is 13.2 Å². The molecular formula is C11H25N3O3S. The molecule has 7 heteroatoms. The van der Waals surface area contributed by atoms with Gasteiger partial charge in [-0.1, -0.05) is 0 Å². The maximum absolute atomic E-state index is 12.0. The van der Waals surface area contributed by atoms with Gasteiger partial charge in [-0.25, -0.2) is 4.72 Å². The first-order valence-corrected chi connectivity index (χ1v) is 7.92. The lowest BCUT2D eigenvalue weighted by Gasteiger charge is -2.31. The average molecular weight is 279 g/mol. The lowest BCUT2D eigenvalue weighted by molar-refractivity contribution is 0.195. The Morgan fingerprint density at radius 3 is 2.56 bits per heavy atom. The average Bonchev–Trinajstić information content (AvgIpc) is 2.36. The van der Waals surface area contributed by atoms with Crippen LogP contribution in [-0.2, 0) is 14.9 Å². The largest absolute Gasteiger partial charge is 0.385 e. The summed E-state index contributed by atoms with van der Waals surface area (Å²) in [6.45, 7) is 3.21. The maximum Gasteiger partial charge on any atom is 0.279 e. The number of piperidine rings is 1. The van der Waals surface area contributed by atoms with E-state index in [4.69, 9.17) is 4.74 Å². The fourth-order valence-corrected chi connectivity index (χ4v) is 3.43. The number of nitrogens with one attached hydrogen (secondary N) is 2. The van der Waals surface area contributed by atoms with Gasteiger partial charge < -0.3 is 10.1 Å². The first-order chi connectivity index (χ1) is 8.60. The molecule has 1 saturated heterocycles. The van der Waals surface area contributed by atoms with Gasteiger partial charge in [0.05, 0.1) is 0 Å². The molecule has 1 fully saturated rings. The van der Waals surface area contributed by atoms with Gasteiger partial charge in [-0.2, -0.15) is 12.7 Å². The van der Waals surface area contributed by atoms with Gasteiger partial charge in [-0.05, 0) is 38.8 Å². The second-order valence-electron chi connectivity index (χ2n) is 4.65. The Labute approximate surface area is 110 Å². The summed E-state index contributed by atoms with van der Waals surface area (Å²) in [6.07, 6.45) is 2.56. The van der Waals surface area contributed by atoms with Crippen LogP contribution in [0.5, 0.6) is 0 Å². The van der Waals surface area contributed by atoms with Gasteiger partial charge in [-0.3, -0.25) is 0 Å². The van der Waals surface area contributed by atoms with Gasteiger partial charge in [0.15, 0.2) is 0 Å². The number of hydrogen-bond acceptors (Lipinski definition) is 4. The summed E-state index contributed by atoms with van der Waals surface area (Å²) in [5.41, 5.74) is 0. The minimum atomic E-state index is -3.29. The summed E-state index contributed by atoms with van der Waals surface area (Å²) in [7, 11) is 0.248. The molecule has 18 heavy (non-hydrogen) atoms. The SMILES string of the molecule is CNCC1CCN(S(=O)(=O)NCCCOC)CC1. The van der Waals surface area contributed by atoms with Crippen LogP contribution >= 0.6 is 0 Å². The summed E-state index contributed by atoms with van der Waals surface area (Å²) >= 11 is 0. The van der Waals surface area contributed by atoms with Gasteiger partial charge in [-0.15, -0.1) is 0 Å². The molecule has 1 aliphatic heterocycles. The molecule has 1 heterocycles. The first kappa shape index (κ1) is 15.8. The molecule has 0 bridgehead atoms. The van der Waals surface area contributed by atoms with E-state index in [9.17, 15) is 8.42 Å². The molecule has 0 saturated carbocycles. The van der Waals surface area contributed by atoms with E-state index >= 15 is 0 Å². The third-order valence-corrected chi connectivity index (χ3v) is 4.83. The Kier molecular flexibility index (Phi) is 7.10. The maximum atomic E-state index is 12.0. The quantitative estimate of drug-likeness (QED) is 0.603. The molecule has 108 valence electrons. The van der Waals surface area contributed by atoms with E-state index in [2.05, 4.69) is 10.0 Å². The molecule has 0 aliphatic carbocycles. The van der Waals surface area contributed by atoms with Crippen molar-refractivity contribution in [2.75, 3.05) is 46.9 Å². The van der Waals surface area contributed by atoms with Crippen LogP contribution in [0.1, 0.15) is 19.3 Å². The van der Waals surface area contributed by atoms with Crippen LogP contribution in [0.15, 0.2) is 0 Å². The van der Waals surface area contributed by atoms with Crippen molar-refractivity contribution in [2.45, 2.75) is 19.3 Å². The van der Waals surface area contributed by atoms with Crippen LogP contribution in [0.4, 0.5) is 0 Å². The van der Waals surface area contributed by atoms with E-state index in [-0.39, 0.29) is 0 Å². The van der Waals surface area contributed by atoms with Crippen molar-refractivity contribution in [3.8, 4) is 0 Å². The molecule has 1 aliphatic rings. The molecule has 0 unspecified atom stereocenters. The minimum absolute atomic E-state index is 0.437. The molecule has 0 aromatic rings. The van der Waals surface area contributed by atoms with E-state index in [1.54, 1.807) is 11.4 Å². The predicted octanol–water partition coefficient (Wildman–Crippen LogP) is -0.211. The van der Waals surface area contributed by atoms with E-state index in [1.807, 2.05) is 7.05 Å². The van der Waals surface area contributed by atoms with Gasteiger partial charge in [0.25, 0.3) is 10.2 Å². The molecule has 0 amide bonds. The second-order valence-corrected chi connectivity index (χ2v) is 6.40. The second kappa shape index (κ2) is 8.06. The summed E-state index contributed by atoms with van der Waals surface area (Å²) in [5.74, 6) is 0.593. The van der Waals surface area contributed by atoms with E-state index in [1.165, 1.54) is 0 Å². The first-order valence-electron chi connectivity index (χ1n) is 6.48. The summed E-state index contributed by atoms with van der Waals surface area (Å²) in [5, 5.41) is 3.14. The number of methoxy groups -OCH3 is 1. The fraction of sp³-hybridized carbons (Fsp3) is 1.00. The summed E-state index contributed by atoms with van der Waals surface area (Å²) in [6, 6.07) is 0. The Morgan fingerprint density at radius 2 is 2.00 bits per heavy atom. The Morgan fingerprint density at radius 1 is 1.33 bits per heavy atom. The van der Waals surface area contributed by atoms with Gasteiger partial charge in [0, 0.05) is 33.4 Å². The zero-order valence-corrected chi connectivity index (χ0v) is 12.1. The Bertz CT molecular complexity index is 313. The van der Waals surface area contributed by atoms with Crippen LogP contribution in [0.3, 0.4) is 0 Å². The van der Waals surface area contributed by atoms with Crippen molar-refractivity contribution in [1.82, 2.24) is 14.3 Å². The standard InChI is InChI=1S/C11H25N3O3S/c1-12-10-11-4-7-14(8-5-11)18(15,16)13-6-3-9-17-2/h11-13H,3-10H2,1-2H3. The third-order valence-electron chi connectivity index (χ3n) is 3.22. The monoisotopic (exact) mass is 279 g/mol. The topological polar surface area (TPSA) is 70.7 Å². The van der Waals surface area contributed by atoms with Crippen LogP contribution in [0, 0.1) is 5.92 Å². The molecule has 0 atom stereocenters. The van der Waals surface area contributed by atoms with Gasteiger partial charge in [0.2, 0.25) is 0 Å². The zero-order valence-electron chi connectivity index (χ0n) is 11.3. The number of ether oxygens (including phenoxy) is 1.